The van der Waals surface area contributed by atoms with E-state index in [2.05, 4.69) is 42.9 Å². The molecule has 0 spiro atoms. The standard InChI is InChI=1S/C31H58ClN5O3/c1-5-8-9-10-17-37-18-14-27(40-20-12-19-38)25(23-37)35-30(39)28(29(33)34)26-21-31(7-3,15-6-2)16-11-13-24(32)22-36(26)4/h14,18,24,26,28-29,38H,5-13,15-17,19-23,33-34H2,1-4H3,(H,35,39). The average Bonchev–Trinajstić information content (AvgIpc) is 2.96. The van der Waals surface area contributed by atoms with E-state index in [0.29, 0.717) is 31.9 Å². The second-order valence-electron chi connectivity index (χ2n) is 12.0. The Morgan fingerprint density at radius 1 is 1.23 bits per heavy atom. The lowest BCUT2D eigenvalue weighted by Crippen LogP contribution is -2.58. The zero-order valence-corrected chi connectivity index (χ0v) is 26.4. The predicted molar refractivity (Wildman–Crippen MR) is 165 cm³/mol. The molecule has 2 aliphatic heterocycles. The minimum atomic E-state index is -0.818. The molecular formula is C31H58ClN5O3. The highest BCUT2D eigenvalue weighted by molar-refractivity contribution is 6.20. The van der Waals surface area contributed by atoms with Gasteiger partial charge >= 0.3 is 0 Å². The number of alkyl halides is 1. The predicted octanol–water partition coefficient (Wildman–Crippen LogP) is 4.66. The molecule has 2 heterocycles. The van der Waals surface area contributed by atoms with Gasteiger partial charge in [-0.2, -0.15) is 0 Å². The van der Waals surface area contributed by atoms with Gasteiger partial charge in [-0.25, -0.2) is 0 Å². The number of rotatable bonds is 16. The van der Waals surface area contributed by atoms with E-state index in [4.69, 9.17) is 27.8 Å². The molecule has 1 amide bonds. The lowest BCUT2D eigenvalue weighted by atomic mass is 9.70. The molecule has 0 aliphatic carbocycles. The number of aliphatic hydroxyl groups is 1. The number of allylic oxidation sites excluding steroid dienone is 1. The van der Waals surface area contributed by atoms with Crippen molar-refractivity contribution in [3.63, 3.8) is 0 Å². The zero-order chi connectivity index (χ0) is 29.5. The van der Waals surface area contributed by atoms with E-state index in [1.165, 1.54) is 19.3 Å². The van der Waals surface area contributed by atoms with E-state index < -0.39 is 12.1 Å². The Balaban J connectivity index is 2.33. The van der Waals surface area contributed by atoms with Crippen LogP contribution in [0.2, 0.25) is 0 Å². The molecule has 2 rings (SSSR count). The molecule has 9 heteroatoms. The molecule has 8 nitrogen and oxygen atoms in total. The first-order valence-corrected chi connectivity index (χ1v) is 16.2. The van der Waals surface area contributed by atoms with Crippen molar-refractivity contribution in [1.29, 1.82) is 0 Å². The fourth-order valence-corrected chi connectivity index (χ4v) is 6.79. The Morgan fingerprint density at radius 3 is 2.65 bits per heavy atom. The van der Waals surface area contributed by atoms with Crippen molar-refractivity contribution in [3.8, 4) is 0 Å². The normalized spacial score (nSPS) is 25.5. The van der Waals surface area contributed by atoms with Crippen LogP contribution in [0.3, 0.4) is 0 Å². The van der Waals surface area contributed by atoms with Gasteiger partial charge in [0.2, 0.25) is 5.91 Å². The van der Waals surface area contributed by atoms with Gasteiger partial charge in [-0.05, 0) is 50.6 Å². The molecule has 4 atom stereocenters. The van der Waals surface area contributed by atoms with Crippen LogP contribution < -0.4 is 16.8 Å². The maximum absolute atomic E-state index is 14.1. The van der Waals surface area contributed by atoms with Crippen molar-refractivity contribution in [2.45, 2.75) is 115 Å². The molecule has 0 bridgehead atoms. The van der Waals surface area contributed by atoms with Crippen molar-refractivity contribution in [2.24, 2.45) is 22.8 Å². The molecule has 6 N–H and O–H groups in total. The summed E-state index contributed by atoms with van der Waals surface area (Å²) < 4.78 is 5.99. The number of unbranched alkanes of at least 4 members (excludes halogenated alkanes) is 3. The summed E-state index contributed by atoms with van der Waals surface area (Å²) in [6.07, 6.45) is 15.6. The van der Waals surface area contributed by atoms with Crippen LogP contribution in [-0.2, 0) is 9.53 Å². The van der Waals surface area contributed by atoms with Crippen LogP contribution in [0.25, 0.3) is 0 Å². The van der Waals surface area contributed by atoms with Crippen molar-refractivity contribution >= 4 is 17.5 Å². The van der Waals surface area contributed by atoms with Crippen LogP contribution in [0, 0.1) is 11.3 Å². The topological polar surface area (TPSA) is 117 Å². The molecule has 0 radical (unpaired) electrons. The van der Waals surface area contributed by atoms with Gasteiger partial charge in [-0.3, -0.25) is 4.79 Å². The molecular weight excluding hydrogens is 526 g/mol. The largest absolute Gasteiger partial charge is 0.492 e. The Labute approximate surface area is 248 Å². The zero-order valence-electron chi connectivity index (χ0n) is 25.7. The third-order valence-electron chi connectivity index (χ3n) is 8.81. The monoisotopic (exact) mass is 583 g/mol. The number of nitrogens with one attached hydrogen (secondary N) is 1. The van der Waals surface area contributed by atoms with Crippen LogP contribution in [0.15, 0.2) is 23.7 Å². The smallest absolute Gasteiger partial charge is 0.231 e. The Bertz CT molecular complexity index is 808. The molecule has 1 saturated heterocycles. The van der Waals surface area contributed by atoms with Crippen LogP contribution in [0.5, 0.6) is 0 Å². The maximum atomic E-state index is 14.1. The van der Waals surface area contributed by atoms with Crippen LogP contribution in [-0.4, -0.2) is 78.3 Å². The lowest BCUT2D eigenvalue weighted by molar-refractivity contribution is -0.128. The average molecular weight is 584 g/mol. The van der Waals surface area contributed by atoms with Crippen molar-refractivity contribution in [3.05, 3.63) is 23.7 Å². The molecule has 232 valence electrons. The van der Waals surface area contributed by atoms with Gasteiger partial charge in [0.1, 0.15) is 5.76 Å². The summed E-state index contributed by atoms with van der Waals surface area (Å²) in [5.74, 6) is -0.142. The fraction of sp³-hybridized carbons (Fsp3) is 0.839. The van der Waals surface area contributed by atoms with Crippen LogP contribution >= 0.6 is 11.6 Å². The van der Waals surface area contributed by atoms with Crippen molar-refractivity contribution in [1.82, 2.24) is 15.1 Å². The first kappa shape index (κ1) is 34.9. The Morgan fingerprint density at radius 2 is 2.00 bits per heavy atom. The van der Waals surface area contributed by atoms with E-state index >= 15 is 0 Å². The fourth-order valence-electron chi connectivity index (χ4n) is 6.42. The summed E-state index contributed by atoms with van der Waals surface area (Å²) in [6.45, 7) is 9.31. The maximum Gasteiger partial charge on any atom is 0.231 e. The third kappa shape index (κ3) is 10.8. The summed E-state index contributed by atoms with van der Waals surface area (Å²) in [7, 11) is 2.06. The minimum absolute atomic E-state index is 0.0264. The SMILES string of the molecule is CCCCCCN1C=CC(OCCCO)=C(NC(=O)C(C(N)N)C2CC(CC)(CCC)CCCC(Cl)CN2C)C1. The molecule has 4 unspecified atom stereocenters. The lowest BCUT2D eigenvalue weighted by Gasteiger charge is -2.42. The number of halogens is 1. The summed E-state index contributed by atoms with van der Waals surface area (Å²) in [6, 6.07) is -0.130. The number of carbonyl (C=O) groups excluding carboxylic acids is 1. The van der Waals surface area contributed by atoms with Crippen LogP contribution in [0.1, 0.15) is 97.8 Å². The highest BCUT2D eigenvalue weighted by Crippen LogP contribution is 2.42. The number of ether oxygens (including phenoxy) is 1. The van der Waals surface area contributed by atoms with Gasteiger partial charge in [-0.1, -0.05) is 59.3 Å². The van der Waals surface area contributed by atoms with E-state index in [1.54, 1.807) is 0 Å². The second kappa shape index (κ2) is 18.3. The molecule has 0 aromatic heterocycles. The van der Waals surface area contributed by atoms with E-state index in [9.17, 15) is 9.90 Å². The molecule has 40 heavy (non-hydrogen) atoms. The van der Waals surface area contributed by atoms with Crippen molar-refractivity contribution in [2.75, 3.05) is 39.9 Å². The first-order chi connectivity index (χ1) is 19.2. The number of amides is 1. The quantitative estimate of drug-likeness (QED) is 0.119. The van der Waals surface area contributed by atoms with Gasteiger partial charge in [0, 0.05) is 43.7 Å². The van der Waals surface area contributed by atoms with Crippen LogP contribution in [0.4, 0.5) is 0 Å². The third-order valence-corrected chi connectivity index (χ3v) is 9.17. The number of nitrogens with zero attached hydrogens (tertiary/aromatic N) is 2. The highest BCUT2D eigenvalue weighted by atomic mass is 35.5. The second-order valence-corrected chi connectivity index (χ2v) is 12.6. The van der Waals surface area contributed by atoms with E-state index in [1.807, 2.05) is 12.3 Å². The molecule has 2 aliphatic rings. The minimum Gasteiger partial charge on any atom is -0.492 e. The van der Waals surface area contributed by atoms with Gasteiger partial charge in [-0.15, -0.1) is 11.6 Å². The number of aliphatic hydroxyl groups excluding tert-OH is 1. The number of hydrogen-bond acceptors (Lipinski definition) is 7. The molecule has 0 aromatic carbocycles. The number of hydrogen-bond donors (Lipinski definition) is 4. The van der Waals surface area contributed by atoms with E-state index in [-0.39, 0.29) is 29.3 Å². The van der Waals surface area contributed by atoms with Gasteiger partial charge in [0.25, 0.3) is 0 Å². The summed E-state index contributed by atoms with van der Waals surface area (Å²) in [5, 5.41) is 12.5. The number of carbonyl (C=O) groups is 1. The first-order valence-electron chi connectivity index (χ1n) is 15.8. The molecule has 1 fully saturated rings. The Hall–Kier alpha value is -1.32. The summed E-state index contributed by atoms with van der Waals surface area (Å²) in [4.78, 5) is 18.5. The van der Waals surface area contributed by atoms with Gasteiger partial charge in [0.05, 0.1) is 30.9 Å². The molecule has 0 saturated carbocycles. The summed E-state index contributed by atoms with van der Waals surface area (Å²) >= 11 is 6.76. The molecule has 0 aromatic rings. The van der Waals surface area contributed by atoms with Gasteiger partial charge in [0.15, 0.2) is 0 Å². The Kier molecular flexibility index (Phi) is 15.9. The van der Waals surface area contributed by atoms with Crippen molar-refractivity contribution < 1.29 is 14.6 Å². The van der Waals surface area contributed by atoms with E-state index in [0.717, 1.165) is 63.6 Å². The number of nitrogens with two attached hydrogens (primary N) is 2. The highest BCUT2D eigenvalue weighted by Gasteiger charge is 2.42. The summed E-state index contributed by atoms with van der Waals surface area (Å²) in [5.41, 5.74) is 13.7. The van der Waals surface area contributed by atoms with Gasteiger partial charge < -0.3 is 36.4 Å².